The van der Waals surface area contributed by atoms with E-state index in [-0.39, 0.29) is 17.9 Å². The van der Waals surface area contributed by atoms with Crippen molar-refractivity contribution in [1.29, 1.82) is 0 Å². The third-order valence-corrected chi connectivity index (χ3v) is 5.44. The number of carbonyl (C=O) groups is 2. The van der Waals surface area contributed by atoms with E-state index in [1.165, 1.54) is 24.0 Å². The van der Waals surface area contributed by atoms with Crippen molar-refractivity contribution in [3.63, 3.8) is 0 Å². The quantitative estimate of drug-likeness (QED) is 0.850. The lowest BCUT2D eigenvalue weighted by Crippen LogP contribution is -2.45. The summed E-state index contributed by atoms with van der Waals surface area (Å²) in [4.78, 5) is 28.3. The standard InChI is InChI=1S/C21H31N3O2/c1-2-3-5-17-6-8-18(9-7-17)16-23-12-4-13-24(15-14-23)21(26)19-10-11-20(25)22-19/h6-9,19H,2-5,10-16H2,1H3,(H,22,25). The highest BCUT2D eigenvalue weighted by atomic mass is 16.2. The Morgan fingerprint density at radius 1 is 1.12 bits per heavy atom. The molecule has 5 nitrogen and oxygen atoms in total. The Hall–Kier alpha value is -1.88. The van der Waals surface area contributed by atoms with Crippen LogP contribution in [-0.4, -0.2) is 53.8 Å². The minimum atomic E-state index is -0.301. The van der Waals surface area contributed by atoms with Crippen LogP contribution in [0.4, 0.5) is 0 Å². The van der Waals surface area contributed by atoms with Gasteiger partial charge in [-0.15, -0.1) is 0 Å². The summed E-state index contributed by atoms with van der Waals surface area (Å²) in [5, 5.41) is 2.80. The summed E-state index contributed by atoms with van der Waals surface area (Å²) in [6.45, 7) is 6.61. The largest absolute Gasteiger partial charge is 0.344 e. The summed E-state index contributed by atoms with van der Waals surface area (Å²) in [5.74, 6) is 0.0974. The van der Waals surface area contributed by atoms with Crippen LogP contribution in [0.15, 0.2) is 24.3 Å². The maximum atomic E-state index is 12.6. The predicted molar refractivity (Wildman–Crippen MR) is 103 cm³/mol. The van der Waals surface area contributed by atoms with Crippen LogP contribution in [0.3, 0.4) is 0 Å². The Morgan fingerprint density at radius 2 is 1.88 bits per heavy atom. The first-order valence-corrected chi connectivity index (χ1v) is 10.0. The van der Waals surface area contributed by atoms with Gasteiger partial charge in [-0.2, -0.15) is 0 Å². The summed E-state index contributed by atoms with van der Waals surface area (Å²) < 4.78 is 0. The minimum absolute atomic E-state index is 0.00202. The third-order valence-electron chi connectivity index (χ3n) is 5.44. The summed E-state index contributed by atoms with van der Waals surface area (Å²) >= 11 is 0. The van der Waals surface area contributed by atoms with Crippen LogP contribution >= 0.6 is 0 Å². The fourth-order valence-electron chi connectivity index (χ4n) is 3.82. The normalized spacial score (nSPS) is 21.5. The molecule has 0 spiro atoms. The number of aryl methyl sites for hydroxylation is 1. The number of amides is 2. The van der Waals surface area contributed by atoms with E-state index >= 15 is 0 Å². The van der Waals surface area contributed by atoms with Crippen molar-refractivity contribution in [1.82, 2.24) is 15.1 Å². The van der Waals surface area contributed by atoms with E-state index in [2.05, 4.69) is 41.4 Å². The molecule has 2 fully saturated rings. The lowest BCUT2D eigenvalue weighted by molar-refractivity contribution is -0.134. The maximum absolute atomic E-state index is 12.6. The second-order valence-corrected chi connectivity index (χ2v) is 7.53. The minimum Gasteiger partial charge on any atom is -0.344 e. The molecule has 2 aliphatic rings. The van der Waals surface area contributed by atoms with Gasteiger partial charge < -0.3 is 10.2 Å². The molecule has 1 atom stereocenters. The van der Waals surface area contributed by atoms with Gasteiger partial charge in [0.05, 0.1) is 0 Å². The Morgan fingerprint density at radius 3 is 2.58 bits per heavy atom. The van der Waals surface area contributed by atoms with Gasteiger partial charge >= 0.3 is 0 Å². The average Bonchev–Trinajstić information content (AvgIpc) is 2.95. The Labute approximate surface area is 156 Å². The Kier molecular flexibility index (Phi) is 6.67. The molecule has 1 N–H and O–H groups in total. The smallest absolute Gasteiger partial charge is 0.245 e. The van der Waals surface area contributed by atoms with Gasteiger partial charge in [0.2, 0.25) is 11.8 Å². The number of carbonyl (C=O) groups excluding carboxylic acids is 2. The van der Waals surface area contributed by atoms with Gasteiger partial charge in [-0.3, -0.25) is 14.5 Å². The monoisotopic (exact) mass is 357 g/mol. The zero-order valence-corrected chi connectivity index (χ0v) is 15.9. The van der Waals surface area contributed by atoms with Crippen LogP contribution < -0.4 is 5.32 Å². The molecule has 0 bridgehead atoms. The van der Waals surface area contributed by atoms with Crippen molar-refractivity contribution < 1.29 is 9.59 Å². The Balaban J connectivity index is 1.49. The van der Waals surface area contributed by atoms with Gasteiger partial charge in [0.1, 0.15) is 6.04 Å². The zero-order valence-electron chi connectivity index (χ0n) is 15.9. The molecule has 0 aromatic heterocycles. The molecule has 3 rings (SSSR count). The average molecular weight is 357 g/mol. The highest BCUT2D eigenvalue weighted by molar-refractivity contribution is 5.90. The van der Waals surface area contributed by atoms with Crippen molar-refractivity contribution >= 4 is 11.8 Å². The SMILES string of the molecule is CCCCc1ccc(CN2CCCN(C(=O)C3CCC(=O)N3)CC2)cc1. The zero-order chi connectivity index (χ0) is 18.4. The van der Waals surface area contributed by atoms with Gasteiger partial charge in [-0.1, -0.05) is 37.6 Å². The number of hydrogen-bond acceptors (Lipinski definition) is 3. The predicted octanol–water partition coefficient (Wildman–Crippen LogP) is 2.34. The fraction of sp³-hybridized carbons (Fsp3) is 0.619. The number of unbranched alkanes of at least 4 members (excludes halogenated alkanes) is 1. The van der Waals surface area contributed by atoms with E-state index in [1.807, 2.05) is 4.90 Å². The van der Waals surface area contributed by atoms with E-state index in [0.29, 0.717) is 12.8 Å². The summed E-state index contributed by atoms with van der Waals surface area (Å²) in [6.07, 6.45) is 5.75. The highest BCUT2D eigenvalue weighted by Crippen LogP contribution is 2.15. The van der Waals surface area contributed by atoms with Crippen LogP contribution in [-0.2, 0) is 22.6 Å². The summed E-state index contributed by atoms with van der Waals surface area (Å²) in [7, 11) is 0. The van der Waals surface area contributed by atoms with Crippen LogP contribution in [0, 0.1) is 0 Å². The van der Waals surface area contributed by atoms with E-state index in [0.717, 1.165) is 45.6 Å². The van der Waals surface area contributed by atoms with Crippen LogP contribution in [0.25, 0.3) is 0 Å². The van der Waals surface area contributed by atoms with Crippen molar-refractivity contribution in [2.24, 2.45) is 0 Å². The summed E-state index contributed by atoms with van der Waals surface area (Å²) in [5.41, 5.74) is 2.76. The second kappa shape index (κ2) is 9.17. The number of hydrogen-bond donors (Lipinski definition) is 1. The van der Waals surface area contributed by atoms with Gasteiger partial charge in [0, 0.05) is 39.1 Å². The molecule has 1 aromatic rings. The molecule has 142 valence electrons. The number of rotatable bonds is 6. The van der Waals surface area contributed by atoms with Crippen LogP contribution in [0.1, 0.15) is 50.2 Å². The van der Waals surface area contributed by atoms with E-state index in [4.69, 9.17) is 0 Å². The van der Waals surface area contributed by atoms with Crippen molar-refractivity contribution in [3.05, 3.63) is 35.4 Å². The molecule has 0 aliphatic carbocycles. The van der Waals surface area contributed by atoms with Crippen molar-refractivity contribution in [2.75, 3.05) is 26.2 Å². The fourth-order valence-corrected chi connectivity index (χ4v) is 3.82. The first kappa shape index (κ1) is 18.9. The third kappa shape index (κ3) is 5.07. The number of benzene rings is 1. The molecule has 2 aliphatic heterocycles. The maximum Gasteiger partial charge on any atom is 0.245 e. The number of nitrogens with one attached hydrogen (secondary N) is 1. The van der Waals surface area contributed by atoms with Gasteiger partial charge in [-0.05, 0) is 36.8 Å². The van der Waals surface area contributed by atoms with Crippen LogP contribution in [0.5, 0.6) is 0 Å². The molecule has 1 unspecified atom stereocenters. The van der Waals surface area contributed by atoms with E-state index < -0.39 is 0 Å². The van der Waals surface area contributed by atoms with Gasteiger partial charge in [0.15, 0.2) is 0 Å². The molecule has 2 heterocycles. The van der Waals surface area contributed by atoms with E-state index in [9.17, 15) is 9.59 Å². The summed E-state index contributed by atoms with van der Waals surface area (Å²) in [6, 6.07) is 8.69. The molecular formula is C21H31N3O2. The van der Waals surface area contributed by atoms with Gasteiger partial charge in [0.25, 0.3) is 0 Å². The topological polar surface area (TPSA) is 52.7 Å². The first-order chi connectivity index (χ1) is 12.7. The first-order valence-electron chi connectivity index (χ1n) is 10.0. The molecule has 26 heavy (non-hydrogen) atoms. The van der Waals surface area contributed by atoms with Crippen LogP contribution in [0.2, 0.25) is 0 Å². The molecule has 5 heteroatoms. The van der Waals surface area contributed by atoms with Crippen molar-refractivity contribution in [2.45, 2.75) is 58.0 Å². The molecule has 0 saturated carbocycles. The van der Waals surface area contributed by atoms with E-state index in [1.54, 1.807) is 0 Å². The molecule has 2 saturated heterocycles. The lowest BCUT2D eigenvalue weighted by atomic mass is 10.1. The highest BCUT2D eigenvalue weighted by Gasteiger charge is 2.31. The molecular weight excluding hydrogens is 326 g/mol. The molecule has 2 amide bonds. The molecule has 1 aromatic carbocycles. The molecule has 0 radical (unpaired) electrons. The lowest BCUT2D eigenvalue weighted by Gasteiger charge is -2.24. The number of nitrogens with zero attached hydrogens (tertiary/aromatic N) is 2. The second-order valence-electron chi connectivity index (χ2n) is 7.53. The van der Waals surface area contributed by atoms with Crippen molar-refractivity contribution in [3.8, 4) is 0 Å². The Bertz CT molecular complexity index is 614. The van der Waals surface area contributed by atoms with Gasteiger partial charge in [-0.25, -0.2) is 0 Å².